The second kappa shape index (κ2) is 11.4. The third kappa shape index (κ3) is 8.26. The minimum atomic E-state index is -0.430. The van der Waals surface area contributed by atoms with Gasteiger partial charge in [0.1, 0.15) is 12.4 Å². The topological polar surface area (TPSA) is 70.7 Å². The van der Waals surface area contributed by atoms with Gasteiger partial charge < -0.3 is 10.1 Å². The van der Waals surface area contributed by atoms with Crippen molar-refractivity contribution in [2.24, 2.45) is 0 Å². The van der Waals surface area contributed by atoms with Gasteiger partial charge in [-0.2, -0.15) is 0 Å². The lowest BCUT2D eigenvalue weighted by molar-refractivity contribution is -0.120. The van der Waals surface area contributed by atoms with Gasteiger partial charge in [0.25, 0.3) is 0 Å². The summed E-state index contributed by atoms with van der Waals surface area (Å²) in [5.74, 6) is 0.533. The maximum atomic E-state index is 12.0. The Morgan fingerprint density at radius 1 is 1.22 bits per heavy atom. The first-order valence-electron chi connectivity index (χ1n) is 9.67. The van der Waals surface area contributed by atoms with Crippen LogP contribution in [-0.4, -0.2) is 50.1 Å². The zero-order valence-corrected chi connectivity index (χ0v) is 16.4. The molecule has 1 aliphatic carbocycles. The van der Waals surface area contributed by atoms with Crippen LogP contribution >= 0.6 is 0 Å². The Kier molecular flexibility index (Phi) is 8.84. The molecular formula is C21H31N3O3. The van der Waals surface area contributed by atoms with Crippen LogP contribution in [0.5, 0.6) is 5.75 Å². The zero-order valence-electron chi connectivity index (χ0n) is 16.4. The van der Waals surface area contributed by atoms with Crippen molar-refractivity contribution in [3.05, 3.63) is 41.5 Å². The standard InChI is InChI=1S/C21H31N3O3/c1-17-8-6-7-11-19(17)27-15-14-24(2)16-20(25)23-21(26)22-13-12-18-9-4-3-5-10-18/h6-9,11H,3-5,10,12-16H2,1-2H3,(H2,22,23,25,26). The van der Waals surface area contributed by atoms with E-state index in [1.54, 1.807) is 0 Å². The zero-order chi connectivity index (χ0) is 19.5. The highest BCUT2D eigenvalue weighted by Gasteiger charge is 2.11. The number of nitrogens with one attached hydrogen (secondary N) is 2. The quantitative estimate of drug-likeness (QED) is 0.653. The normalized spacial score (nSPS) is 13.8. The molecule has 0 aromatic heterocycles. The van der Waals surface area contributed by atoms with Crippen LogP contribution in [-0.2, 0) is 4.79 Å². The number of allylic oxidation sites excluding steroid dienone is 1. The number of amides is 3. The summed E-state index contributed by atoms with van der Waals surface area (Å²) in [5, 5.41) is 5.12. The van der Waals surface area contributed by atoms with Gasteiger partial charge in [-0.25, -0.2) is 4.79 Å². The molecule has 0 saturated carbocycles. The van der Waals surface area contributed by atoms with Crippen LogP contribution in [0, 0.1) is 6.92 Å². The van der Waals surface area contributed by atoms with Crippen LogP contribution in [0.1, 0.15) is 37.7 Å². The number of aryl methyl sites for hydroxylation is 1. The molecule has 0 atom stereocenters. The number of rotatable bonds is 9. The SMILES string of the molecule is Cc1ccccc1OCCN(C)CC(=O)NC(=O)NCCC1=CCCCC1. The molecule has 0 spiro atoms. The van der Waals surface area contributed by atoms with E-state index >= 15 is 0 Å². The molecule has 0 fully saturated rings. The molecule has 1 aliphatic rings. The molecule has 0 aliphatic heterocycles. The summed E-state index contributed by atoms with van der Waals surface area (Å²) < 4.78 is 5.72. The highest BCUT2D eigenvalue weighted by molar-refractivity contribution is 5.95. The van der Waals surface area contributed by atoms with E-state index in [1.807, 2.05) is 43.1 Å². The minimum absolute atomic E-state index is 0.149. The Morgan fingerprint density at radius 2 is 2.04 bits per heavy atom. The molecule has 3 amide bonds. The molecule has 2 N–H and O–H groups in total. The van der Waals surface area contributed by atoms with Crippen molar-refractivity contribution in [2.45, 2.75) is 39.0 Å². The molecule has 148 valence electrons. The Bertz CT molecular complexity index is 658. The van der Waals surface area contributed by atoms with Gasteiger partial charge in [-0.1, -0.05) is 29.8 Å². The molecule has 1 aromatic carbocycles. The molecular weight excluding hydrogens is 342 g/mol. The second-order valence-electron chi connectivity index (χ2n) is 7.01. The van der Waals surface area contributed by atoms with Gasteiger partial charge in [0.15, 0.2) is 0 Å². The molecule has 0 bridgehead atoms. The van der Waals surface area contributed by atoms with Crippen molar-refractivity contribution in [1.82, 2.24) is 15.5 Å². The number of benzene rings is 1. The predicted octanol–water partition coefficient (Wildman–Crippen LogP) is 3.02. The average Bonchev–Trinajstić information content (AvgIpc) is 2.64. The van der Waals surface area contributed by atoms with E-state index in [4.69, 9.17) is 4.74 Å². The molecule has 2 rings (SSSR count). The fraction of sp³-hybridized carbons (Fsp3) is 0.524. The van der Waals surface area contributed by atoms with Crippen LogP contribution in [0.2, 0.25) is 0 Å². The molecule has 0 radical (unpaired) electrons. The lowest BCUT2D eigenvalue weighted by Crippen LogP contribution is -2.44. The average molecular weight is 373 g/mol. The van der Waals surface area contributed by atoms with Crippen molar-refractivity contribution < 1.29 is 14.3 Å². The number of likely N-dealkylation sites (N-methyl/N-ethyl adjacent to an activating group) is 1. The third-order valence-electron chi connectivity index (χ3n) is 4.61. The molecule has 27 heavy (non-hydrogen) atoms. The third-order valence-corrected chi connectivity index (χ3v) is 4.61. The Hall–Kier alpha value is -2.34. The molecule has 0 saturated heterocycles. The number of urea groups is 1. The highest BCUT2D eigenvalue weighted by Crippen LogP contribution is 2.19. The summed E-state index contributed by atoms with van der Waals surface area (Å²) in [6.07, 6.45) is 7.88. The Morgan fingerprint density at radius 3 is 2.78 bits per heavy atom. The van der Waals surface area contributed by atoms with Crippen LogP contribution in [0.25, 0.3) is 0 Å². The second-order valence-corrected chi connectivity index (χ2v) is 7.01. The molecule has 0 heterocycles. The van der Waals surface area contributed by atoms with E-state index in [0.29, 0.717) is 19.7 Å². The molecule has 6 nitrogen and oxygen atoms in total. The first-order chi connectivity index (χ1) is 13.0. The van der Waals surface area contributed by atoms with E-state index in [2.05, 4.69) is 16.7 Å². The van der Waals surface area contributed by atoms with Gasteiger partial charge in [0.05, 0.1) is 6.54 Å². The lowest BCUT2D eigenvalue weighted by atomic mass is 9.97. The van der Waals surface area contributed by atoms with Crippen LogP contribution < -0.4 is 15.4 Å². The van der Waals surface area contributed by atoms with Gasteiger partial charge in [-0.15, -0.1) is 0 Å². The van der Waals surface area contributed by atoms with Crippen molar-refractivity contribution in [3.63, 3.8) is 0 Å². The first-order valence-corrected chi connectivity index (χ1v) is 9.67. The summed E-state index contributed by atoms with van der Waals surface area (Å²) in [6.45, 7) is 3.78. The monoisotopic (exact) mass is 373 g/mol. The van der Waals surface area contributed by atoms with Gasteiger partial charge >= 0.3 is 6.03 Å². The first kappa shape index (κ1) is 21.0. The van der Waals surface area contributed by atoms with Crippen LogP contribution in [0.15, 0.2) is 35.9 Å². The summed E-state index contributed by atoms with van der Waals surface area (Å²) in [6, 6.07) is 7.39. The number of carbonyl (C=O) groups excluding carboxylic acids is 2. The minimum Gasteiger partial charge on any atom is -0.492 e. The van der Waals surface area contributed by atoms with Crippen LogP contribution in [0.4, 0.5) is 4.79 Å². The van der Waals surface area contributed by atoms with E-state index in [-0.39, 0.29) is 12.5 Å². The Balaban J connectivity index is 1.57. The summed E-state index contributed by atoms with van der Waals surface area (Å²) in [5.41, 5.74) is 2.49. The van der Waals surface area contributed by atoms with Gasteiger partial charge in [0.2, 0.25) is 5.91 Å². The smallest absolute Gasteiger partial charge is 0.321 e. The summed E-state index contributed by atoms with van der Waals surface area (Å²) in [4.78, 5) is 25.6. The van der Waals surface area contributed by atoms with Crippen LogP contribution in [0.3, 0.4) is 0 Å². The number of ether oxygens (including phenoxy) is 1. The maximum Gasteiger partial charge on any atom is 0.321 e. The molecule has 6 heteroatoms. The molecule has 1 aromatic rings. The Labute approximate surface area is 162 Å². The number of imide groups is 1. The van der Waals surface area contributed by atoms with E-state index in [0.717, 1.165) is 30.6 Å². The number of carbonyl (C=O) groups is 2. The van der Waals surface area contributed by atoms with Crippen molar-refractivity contribution in [3.8, 4) is 5.75 Å². The predicted molar refractivity (Wildman–Crippen MR) is 107 cm³/mol. The van der Waals surface area contributed by atoms with E-state index < -0.39 is 6.03 Å². The summed E-state index contributed by atoms with van der Waals surface area (Å²) >= 11 is 0. The summed E-state index contributed by atoms with van der Waals surface area (Å²) in [7, 11) is 1.83. The number of para-hydroxylation sites is 1. The number of hydrogen-bond acceptors (Lipinski definition) is 4. The number of nitrogens with zero attached hydrogens (tertiary/aromatic N) is 1. The largest absolute Gasteiger partial charge is 0.492 e. The van der Waals surface area contributed by atoms with Gasteiger partial charge in [-0.3, -0.25) is 15.0 Å². The van der Waals surface area contributed by atoms with Gasteiger partial charge in [-0.05, 0) is 57.7 Å². The van der Waals surface area contributed by atoms with Gasteiger partial charge in [0, 0.05) is 13.1 Å². The van der Waals surface area contributed by atoms with E-state index in [1.165, 1.54) is 18.4 Å². The highest BCUT2D eigenvalue weighted by atomic mass is 16.5. The fourth-order valence-electron chi connectivity index (χ4n) is 3.03. The fourth-order valence-corrected chi connectivity index (χ4v) is 3.03. The van der Waals surface area contributed by atoms with Crippen molar-refractivity contribution >= 4 is 11.9 Å². The van der Waals surface area contributed by atoms with E-state index in [9.17, 15) is 9.59 Å². The molecule has 0 unspecified atom stereocenters. The lowest BCUT2D eigenvalue weighted by Gasteiger charge is -2.17. The van der Waals surface area contributed by atoms with Crippen molar-refractivity contribution in [1.29, 1.82) is 0 Å². The van der Waals surface area contributed by atoms with Crippen molar-refractivity contribution in [2.75, 3.05) is 33.3 Å². The number of hydrogen-bond donors (Lipinski definition) is 2. The maximum absolute atomic E-state index is 12.0.